The lowest BCUT2D eigenvalue weighted by atomic mass is 10.1. The van der Waals surface area contributed by atoms with E-state index >= 15 is 0 Å². The third-order valence-electron chi connectivity index (χ3n) is 5.27. The molecular weight excluding hydrogens is 470 g/mol. The first-order chi connectivity index (χ1) is 16.5. The minimum Gasteiger partial charge on any atom is -0.465 e. The predicted molar refractivity (Wildman–Crippen MR) is 136 cm³/mol. The van der Waals surface area contributed by atoms with Crippen molar-refractivity contribution in [1.82, 2.24) is 14.5 Å². The van der Waals surface area contributed by atoms with E-state index in [-0.39, 0.29) is 5.56 Å². The average Bonchev–Trinajstić information content (AvgIpc) is 3.33. The fraction of sp³-hybridized carbons (Fsp3) is 0.280. The summed E-state index contributed by atoms with van der Waals surface area (Å²) in [5, 5.41) is 4.04. The van der Waals surface area contributed by atoms with E-state index in [1.54, 1.807) is 41.2 Å². The first-order valence-electron chi connectivity index (χ1n) is 10.8. The Bertz CT molecular complexity index is 1360. The molecule has 0 bridgehead atoms. The largest absolute Gasteiger partial charge is 0.465 e. The molecule has 0 aliphatic heterocycles. The number of ether oxygens (including phenoxy) is 2. The summed E-state index contributed by atoms with van der Waals surface area (Å²) >= 11 is 3.05. The van der Waals surface area contributed by atoms with Gasteiger partial charge in [-0.2, -0.15) is 0 Å². The van der Waals surface area contributed by atoms with Crippen LogP contribution in [0.25, 0.3) is 21.5 Å². The van der Waals surface area contributed by atoms with E-state index in [0.29, 0.717) is 46.9 Å². The van der Waals surface area contributed by atoms with Crippen LogP contribution in [0.1, 0.15) is 28.0 Å². The van der Waals surface area contributed by atoms with Gasteiger partial charge in [-0.15, -0.1) is 11.3 Å². The molecule has 0 saturated carbocycles. The third kappa shape index (κ3) is 5.38. The van der Waals surface area contributed by atoms with Crippen molar-refractivity contribution in [2.24, 2.45) is 0 Å². The molecule has 0 radical (unpaired) electrons. The maximum Gasteiger partial charge on any atom is 0.337 e. The first kappa shape index (κ1) is 24.1. The molecule has 0 unspecified atom stereocenters. The van der Waals surface area contributed by atoms with E-state index in [1.807, 2.05) is 5.38 Å². The highest BCUT2D eigenvalue weighted by atomic mass is 32.2. The number of thioether (sulfide) groups is 1. The number of carbonyl (C=O) groups is 1. The molecule has 4 aromatic rings. The summed E-state index contributed by atoms with van der Waals surface area (Å²) in [5.74, 6) is 0.106. The Balaban J connectivity index is 1.64. The SMILES string of the molecule is COCCCn1c(SCc2csc(-c3ccc(C)cc3)n2)nc2cc(C(=O)OC)ccc2c1=O. The molecule has 0 saturated heterocycles. The van der Waals surface area contributed by atoms with Crippen LogP contribution in [0.15, 0.2) is 57.8 Å². The van der Waals surface area contributed by atoms with Gasteiger partial charge in [0.05, 0.1) is 29.3 Å². The van der Waals surface area contributed by atoms with Gasteiger partial charge in [-0.1, -0.05) is 41.6 Å². The summed E-state index contributed by atoms with van der Waals surface area (Å²) in [6, 6.07) is 13.1. The smallest absolute Gasteiger partial charge is 0.337 e. The van der Waals surface area contributed by atoms with Crippen LogP contribution in [-0.2, 0) is 21.8 Å². The molecule has 2 aromatic carbocycles. The number of hydrogen-bond acceptors (Lipinski definition) is 8. The summed E-state index contributed by atoms with van der Waals surface area (Å²) in [6.45, 7) is 3.09. The quantitative estimate of drug-likeness (QED) is 0.141. The zero-order valence-corrected chi connectivity index (χ0v) is 20.9. The van der Waals surface area contributed by atoms with Crippen molar-refractivity contribution in [3.63, 3.8) is 0 Å². The topological polar surface area (TPSA) is 83.3 Å². The van der Waals surface area contributed by atoms with Gasteiger partial charge in [-0.25, -0.2) is 14.8 Å². The van der Waals surface area contributed by atoms with Crippen molar-refractivity contribution in [2.75, 3.05) is 20.8 Å². The van der Waals surface area contributed by atoms with Crippen molar-refractivity contribution >= 4 is 40.0 Å². The molecule has 0 N–H and O–H groups in total. The number of aryl methyl sites for hydroxylation is 1. The van der Waals surface area contributed by atoms with Gasteiger partial charge in [0, 0.05) is 37.0 Å². The molecule has 9 heteroatoms. The van der Waals surface area contributed by atoms with E-state index in [4.69, 9.17) is 19.4 Å². The standard InChI is InChI=1S/C25H25N3O4S2/c1-16-5-7-17(8-6-16)22-26-19(14-33-22)15-34-25-27-21-13-18(24(30)32-3)9-10-20(21)23(29)28(25)11-4-12-31-2/h5-10,13-14H,4,11-12,15H2,1-3H3. The van der Waals surface area contributed by atoms with Crippen LogP contribution in [0.2, 0.25) is 0 Å². The Hall–Kier alpha value is -3.01. The van der Waals surface area contributed by atoms with Crippen molar-refractivity contribution < 1.29 is 14.3 Å². The Morgan fingerprint density at radius 1 is 1.12 bits per heavy atom. The fourth-order valence-electron chi connectivity index (χ4n) is 3.46. The van der Waals surface area contributed by atoms with Crippen LogP contribution in [0.4, 0.5) is 0 Å². The number of aromatic nitrogens is 3. The number of methoxy groups -OCH3 is 2. The minimum atomic E-state index is -0.465. The lowest BCUT2D eigenvalue weighted by Crippen LogP contribution is -2.24. The predicted octanol–water partition coefficient (Wildman–Crippen LogP) is 4.94. The highest BCUT2D eigenvalue weighted by Gasteiger charge is 2.15. The normalized spacial score (nSPS) is 11.1. The summed E-state index contributed by atoms with van der Waals surface area (Å²) in [7, 11) is 2.97. The van der Waals surface area contributed by atoms with Gasteiger partial charge in [0.2, 0.25) is 0 Å². The summed E-state index contributed by atoms with van der Waals surface area (Å²) in [4.78, 5) is 34.7. The van der Waals surface area contributed by atoms with Gasteiger partial charge in [0.25, 0.3) is 5.56 Å². The van der Waals surface area contributed by atoms with Crippen LogP contribution in [0, 0.1) is 6.92 Å². The number of carbonyl (C=O) groups excluding carboxylic acids is 1. The monoisotopic (exact) mass is 495 g/mol. The van der Waals surface area contributed by atoms with Gasteiger partial charge in [-0.05, 0) is 31.5 Å². The molecule has 0 aliphatic carbocycles. The van der Waals surface area contributed by atoms with E-state index in [1.165, 1.54) is 24.4 Å². The zero-order valence-electron chi connectivity index (χ0n) is 19.2. The molecule has 2 heterocycles. The van der Waals surface area contributed by atoms with E-state index < -0.39 is 5.97 Å². The molecule has 0 amide bonds. The van der Waals surface area contributed by atoms with Crippen molar-refractivity contribution in [1.29, 1.82) is 0 Å². The third-order valence-corrected chi connectivity index (χ3v) is 7.22. The van der Waals surface area contributed by atoms with Crippen molar-refractivity contribution in [2.45, 2.75) is 30.8 Å². The van der Waals surface area contributed by atoms with Crippen molar-refractivity contribution in [3.8, 4) is 10.6 Å². The fourth-order valence-corrected chi connectivity index (χ4v) is 5.31. The maximum atomic E-state index is 13.3. The van der Waals surface area contributed by atoms with Gasteiger partial charge in [0.1, 0.15) is 5.01 Å². The molecule has 176 valence electrons. The number of esters is 1. The Morgan fingerprint density at radius 3 is 2.65 bits per heavy atom. The van der Waals surface area contributed by atoms with Crippen LogP contribution in [0.5, 0.6) is 0 Å². The summed E-state index contributed by atoms with van der Waals surface area (Å²) in [6.07, 6.45) is 0.686. The molecule has 0 spiro atoms. The first-order valence-corrected chi connectivity index (χ1v) is 12.6. The number of fused-ring (bicyclic) bond motifs is 1. The second kappa shape index (κ2) is 10.9. The second-order valence-corrected chi connectivity index (χ2v) is 9.52. The van der Waals surface area contributed by atoms with Gasteiger partial charge < -0.3 is 9.47 Å². The summed E-state index contributed by atoms with van der Waals surface area (Å²) in [5.41, 5.74) is 3.90. The van der Waals surface area contributed by atoms with Crippen LogP contribution in [0.3, 0.4) is 0 Å². The molecule has 34 heavy (non-hydrogen) atoms. The van der Waals surface area contributed by atoms with Crippen LogP contribution >= 0.6 is 23.1 Å². The van der Waals surface area contributed by atoms with E-state index in [9.17, 15) is 9.59 Å². The van der Waals surface area contributed by atoms with Gasteiger partial charge in [-0.3, -0.25) is 9.36 Å². The average molecular weight is 496 g/mol. The number of nitrogens with zero attached hydrogens (tertiary/aromatic N) is 3. The number of thiazole rings is 1. The maximum absolute atomic E-state index is 13.3. The molecule has 0 fully saturated rings. The highest BCUT2D eigenvalue weighted by Crippen LogP contribution is 2.28. The highest BCUT2D eigenvalue weighted by molar-refractivity contribution is 7.98. The molecule has 0 aliphatic rings. The van der Waals surface area contributed by atoms with E-state index in [2.05, 4.69) is 31.2 Å². The number of rotatable bonds is 9. The Morgan fingerprint density at radius 2 is 1.91 bits per heavy atom. The van der Waals surface area contributed by atoms with Crippen molar-refractivity contribution in [3.05, 3.63) is 75.0 Å². The number of hydrogen-bond donors (Lipinski definition) is 0. The second-order valence-electron chi connectivity index (χ2n) is 7.72. The summed E-state index contributed by atoms with van der Waals surface area (Å²) < 4.78 is 11.7. The number of benzene rings is 2. The Kier molecular flexibility index (Phi) is 7.77. The molecular formula is C25H25N3O4S2. The van der Waals surface area contributed by atoms with Crippen LogP contribution in [-0.4, -0.2) is 41.3 Å². The zero-order chi connectivity index (χ0) is 24.1. The minimum absolute atomic E-state index is 0.140. The molecule has 4 rings (SSSR count). The molecule has 0 atom stereocenters. The molecule has 2 aromatic heterocycles. The lowest BCUT2D eigenvalue weighted by Gasteiger charge is -2.13. The molecule has 7 nitrogen and oxygen atoms in total. The van der Waals surface area contributed by atoms with Crippen LogP contribution < -0.4 is 5.56 Å². The van der Waals surface area contributed by atoms with Gasteiger partial charge in [0.15, 0.2) is 5.16 Å². The van der Waals surface area contributed by atoms with E-state index in [0.717, 1.165) is 16.3 Å². The Labute approximate surface area is 205 Å². The van der Waals surface area contributed by atoms with Gasteiger partial charge >= 0.3 is 5.97 Å². The lowest BCUT2D eigenvalue weighted by molar-refractivity contribution is 0.0601.